The lowest BCUT2D eigenvalue weighted by Crippen LogP contribution is -2.09. The molecule has 0 aliphatic rings. The smallest absolute Gasteiger partial charge is 0.418 e. The molecule has 130 valence electrons. The molecule has 0 atom stereocenters. The molecule has 0 aliphatic heterocycles. The zero-order valence-electron chi connectivity index (χ0n) is 13.3. The Bertz CT molecular complexity index is 950. The second kappa shape index (κ2) is 6.15. The number of rotatable bonds is 3. The molecule has 3 rings (SSSR count). The minimum Gasteiger partial charge on any atom is -0.461 e. The van der Waals surface area contributed by atoms with Crippen molar-refractivity contribution in [1.29, 1.82) is 0 Å². The number of ether oxygens (including phenoxy) is 1. The van der Waals surface area contributed by atoms with Crippen LogP contribution in [0.25, 0.3) is 16.6 Å². The van der Waals surface area contributed by atoms with Crippen molar-refractivity contribution in [1.82, 2.24) is 20.0 Å². The summed E-state index contributed by atoms with van der Waals surface area (Å²) in [5, 5.41) is 7.92. The van der Waals surface area contributed by atoms with Gasteiger partial charge in [0.05, 0.1) is 29.1 Å². The Balaban J connectivity index is 2.20. The first-order valence-corrected chi connectivity index (χ1v) is 7.39. The molecule has 6 nitrogen and oxygen atoms in total. The number of aromatic nitrogens is 4. The third kappa shape index (κ3) is 2.92. The molecule has 0 saturated carbocycles. The summed E-state index contributed by atoms with van der Waals surface area (Å²) < 4.78 is 45.8. The van der Waals surface area contributed by atoms with Gasteiger partial charge in [0, 0.05) is 11.6 Å². The van der Waals surface area contributed by atoms with Crippen LogP contribution < -0.4 is 0 Å². The Morgan fingerprint density at radius 3 is 2.72 bits per heavy atom. The number of esters is 1. The van der Waals surface area contributed by atoms with Gasteiger partial charge in [0.25, 0.3) is 0 Å². The van der Waals surface area contributed by atoms with Gasteiger partial charge < -0.3 is 4.74 Å². The fourth-order valence-electron chi connectivity index (χ4n) is 2.52. The lowest BCUT2D eigenvalue weighted by molar-refractivity contribution is -0.136. The van der Waals surface area contributed by atoms with Crippen LogP contribution in [0.4, 0.5) is 13.2 Å². The summed E-state index contributed by atoms with van der Waals surface area (Å²) in [6.07, 6.45) is -3.27. The molecular formula is C16H13F3N4O2. The predicted molar refractivity (Wildman–Crippen MR) is 82.4 cm³/mol. The first-order chi connectivity index (χ1) is 11.8. The summed E-state index contributed by atoms with van der Waals surface area (Å²) in [5.41, 5.74) is -0.311. The van der Waals surface area contributed by atoms with Crippen LogP contribution in [0, 0.1) is 6.92 Å². The Hall–Kier alpha value is -2.97. The van der Waals surface area contributed by atoms with Gasteiger partial charge in [-0.05, 0) is 26.0 Å². The lowest BCUT2D eigenvalue weighted by Gasteiger charge is -2.12. The van der Waals surface area contributed by atoms with E-state index in [0.29, 0.717) is 11.4 Å². The summed E-state index contributed by atoms with van der Waals surface area (Å²) in [6, 6.07) is 5.30. The maximum atomic E-state index is 13.2. The minimum absolute atomic E-state index is 0.0128. The molecule has 0 aliphatic carbocycles. The van der Waals surface area contributed by atoms with E-state index >= 15 is 0 Å². The molecule has 9 heteroatoms. The van der Waals surface area contributed by atoms with Crippen molar-refractivity contribution in [3.8, 4) is 5.69 Å². The zero-order chi connectivity index (χ0) is 18.2. The number of benzene rings is 1. The van der Waals surface area contributed by atoms with E-state index < -0.39 is 17.7 Å². The summed E-state index contributed by atoms with van der Waals surface area (Å²) >= 11 is 0. The summed E-state index contributed by atoms with van der Waals surface area (Å²) in [6.45, 7) is 3.43. The van der Waals surface area contributed by atoms with Crippen LogP contribution >= 0.6 is 0 Å². The number of carbonyl (C=O) groups is 1. The predicted octanol–water partition coefficient (Wildman–Crippen LogP) is 3.32. The second-order valence-electron chi connectivity index (χ2n) is 5.19. The van der Waals surface area contributed by atoms with Gasteiger partial charge >= 0.3 is 12.1 Å². The molecule has 0 amide bonds. The standard InChI is InChI=1S/C16H13F3N4O2/c1-3-25-15(24)13-9(2)23(22-21-13)12-7-8-20-14-10(12)5-4-6-11(14)16(17,18)19/h4-8H,3H2,1-2H3. The van der Waals surface area contributed by atoms with E-state index in [2.05, 4.69) is 15.3 Å². The van der Waals surface area contributed by atoms with Crippen molar-refractivity contribution >= 4 is 16.9 Å². The van der Waals surface area contributed by atoms with Crippen molar-refractivity contribution in [3.05, 3.63) is 47.4 Å². The molecule has 0 bridgehead atoms. The van der Waals surface area contributed by atoms with Gasteiger partial charge in [-0.25, -0.2) is 9.48 Å². The van der Waals surface area contributed by atoms with Crippen LogP contribution in [0.5, 0.6) is 0 Å². The van der Waals surface area contributed by atoms with Crippen LogP contribution in [0.3, 0.4) is 0 Å². The van der Waals surface area contributed by atoms with Gasteiger partial charge in [-0.15, -0.1) is 5.10 Å². The summed E-state index contributed by atoms with van der Waals surface area (Å²) in [4.78, 5) is 15.7. The second-order valence-corrected chi connectivity index (χ2v) is 5.19. The third-order valence-corrected chi connectivity index (χ3v) is 3.64. The average Bonchev–Trinajstić information content (AvgIpc) is 2.94. The number of fused-ring (bicyclic) bond motifs is 1. The molecule has 0 N–H and O–H groups in total. The van der Waals surface area contributed by atoms with E-state index in [0.717, 1.165) is 6.07 Å². The highest BCUT2D eigenvalue weighted by Gasteiger charge is 2.33. The molecule has 2 heterocycles. The molecule has 0 radical (unpaired) electrons. The average molecular weight is 350 g/mol. The molecule has 1 aromatic carbocycles. The number of alkyl halides is 3. The van der Waals surface area contributed by atoms with Crippen LogP contribution in [-0.2, 0) is 10.9 Å². The SMILES string of the molecule is CCOC(=O)c1nnn(-c2ccnc3c(C(F)(F)F)cccc23)c1C. The van der Waals surface area contributed by atoms with Crippen LogP contribution in [0.2, 0.25) is 0 Å². The number of hydrogen-bond donors (Lipinski definition) is 0. The van der Waals surface area contributed by atoms with Crippen molar-refractivity contribution in [2.75, 3.05) is 6.61 Å². The Morgan fingerprint density at radius 2 is 2.04 bits per heavy atom. The van der Waals surface area contributed by atoms with E-state index in [-0.39, 0.29) is 23.2 Å². The van der Waals surface area contributed by atoms with Gasteiger partial charge in [0.2, 0.25) is 0 Å². The zero-order valence-corrected chi connectivity index (χ0v) is 13.3. The highest BCUT2D eigenvalue weighted by Crippen LogP contribution is 2.35. The van der Waals surface area contributed by atoms with Gasteiger partial charge in [-0.3, -0.25) is 4.98 Å². The maximum Gasteiger partial charge on any atom is 0.418 e. The highest BCUT2D eigenvalue weighted by molar-refractivity contribution is 5.91. The largest absolute Gasteiger partial charge is 0.461 e. The molecular weight excluding hydrogens is 337 g/mol. The summed E-state index contributed by atoms with van der Waals surface area (Å²) in [7, 11) is 0. The fourth-order valence-corrected chi connectivity index (χ4v) is 2.52. The quantitative estimate of drug-likeness (QED) is 0.678. The molecule has 0 fully saturated rings. The lowest BCUT2D eigenvalue weighted by atomic mass is 10.1. The summed E-state index contributed by atoms with van der Waals surface area (Å²) in [5.74, 6) is -0.638. The van der Waals surface area contributed by atoms with Crippen LogP contribution in [-0.4, -0.2) is 32.6 Å². The monoisotopic (exact) mass is 350 g/mol. The number of pyridine rings is 1. The van der Waals surface area contributed by atoms with E-state index in [1.54, 1.807) is 13.8 Å². The van der Waals surface area contributed by atoms with Gasteiger partial charge in [-0.1, -0.05) is 17.3 Å². The van der Waals surface area contributed by atoms with Crippen molar-refractivity contribution in [2.24, 2.45) is 0 Å². The van der Waals surface area contributed by atoms with E-state index in [1.807, 2.05) is 0 Å². The van der Waals surface area contributed by atoms with Gasteiger partial charge in [-0.2, -0.15) is 13.2 Å². The third-order valence-electron chi connectivity index (χ3n) is 3.64. The van der Waals surface area contributed by atoms with Crippen LogP contribution in [0.15, 0.2) is 30.5 Å². The molecule has 3 aromatic rings. The molecule has 2 aromatic heterocycles. The Morgan fingerprint density at radius 1 is 1.28 bits per heavy atom. The number of hydrogen-bond acceptors (Lipinski definition) is 5. The van der Waals surface area contributed by atoms with Crippen molar-refractivity contribution < 1.29 is 22.7 Å². The first-order valence-electron chi connectivity index (χ1n) is 7.39. The Labute approximate surface area is 140 Å². The van der Waals surface area contributed by atoms with Crippen molar-refractivity contribution in [3.63, 3.8) is 0 Å². The highest BCUT2D eigenvalue weighted by atomic mass is 19.4. The minimum atomic E-state index is -4.53. The Kier molecular flexibility index (Phi) is 4.15. The van der Waals surface area contributed by atoms with Gasteiger partial charge in [0.15, 0.2) is 5.69 Å². The number of nitrogens with zero attached hydrogens (tertiary/aromatic N) is 4. The number of carbonyl (C=O) groups excluding carboxylic acids is 1. The molecule has 0 saturated heterocycles. The molecule has 25 heavy (non-hydrogen) atoms. The normalized spacial score (nSPS) is 11.7. The molecule has 0 spiro atoms. The topological polar surface area (TPSA) is 69.9 Å². The fraction of sp³-hybridized carbons (Fsp3) is 0.250. The van der Waals surface area contributed by atoms with E-state index in [9.17, 15) is 18.0 Å². The molecule has 0 unspecified atom stereocenters. The van der Waals surface area contributed by atoms with Crippen molar-refractivity contribution in [2.45, 2.75) is 20.0 Å². The maximum absolute atomic E-state index is 13.2. The van der Waals surface area contributed by atoms with Gasteiger partial charge in [0.1, 0.15) is 0 Å². The van der Waals surface area contributed by atoms with Crippen LogP contribution in [0.1, 0.15) is 28.7 Å². The number of para-hydroxylation sites is 1. The van der Waals surface area contributed by atoms with E-state index in [1.165, 1.54) is 29.1 Å². The first kappa shape index (κ1) is 16.9. The number of halogens is 3. The van der Waals surface area contributed by atoms with E-state index in [4.69, 9.17) is 4.74 Å².